The van der Waals surface area contributed by atoms with Crippen LogP contribution in [0.15, 0.2) is 34.4 Å². The van der Waals surface area contributed by atoms with Gasteiger partial charge in [0.25, 0.3) is 0 Å². The number of hydrogen-bond acceptors (Lipinski definition) is 0. The molecule has 0 amide bonds. The number of fused-ring (bicyclic) bond motifs is 1. The molecule has 2 aliphatic rings. The molecule has 2 rings (SSSR count). The third kappa shape index (κ3) is 6.01. The summed E-state index contributed by atoms with van der Waals surface area (Å²) in [5.74, 6) is -8.12. The van der Waals surface area contributed by atoms with Crippen LogP contribution in [0.2, 0.25) is 0 Å². The highest BCUT2D eigenvalue weighted by atomic mass is 19.3. The van der Waals surface area contributed by atoms with Crippen LogP contribution in [0.3, 0.4) is 0 Å². The van der Waals surface area contributed by atoms with Crippen LogP contribution in [0.25, 0.3) is 0 Å². The molecule has 0 atom stereocenters. The number of rotatable bonds is 16. The molecule has 0 fully saturated rings. The van der Waals surface area contributed by atoms with Gasteiger partial charge in [0, 0.05) is 11.1 Å². The van der Waals surface area contributed by atoms with Gasteiger partial charge in [0.2, 0.25) is 0 Å². The van der Waals surface area contributed by atoms with Gasteiger partial charge >= 0.3 is 11.8 Å². The Morgan fingerprint density at radius 1 is 0.500 bits per heavy atom. The van der Waals surface area contributed by atoms with Crippen molar-refractivity contribution in [2.45, 2.75) is 128 Å². The lowest BCUT2D eigenvalue weighted by atomic mass is 9.73. The van der Waals surface area contributed by atoms with Crippen LogP contribution in [0.4, 0.5) is 17.6 Å². The van der Waals surface area contributed by atoms with Crippen molar-refractivity contribution in [3.63, 3.8) is 0 Å². The molecule has 0 aromatic rings. The highest BCUT2D eigenvalue weighted by molar-refractivity contribution is 5.66. The predicted molar refractivity (Wildman–Crippen MR) is 118 cm³/mol. The smallest absolute Gasteiger partial charge is 0.194 e. The minimum atomic E-state index is -4.06. The molecular weight excluding hydrogens is 388 g/mol. The number of unbranched alkanes of at least 4 members (excludes halogenated alkanes) is 12. The normalized spacial score (nSPS) is 19.3. The van der Waals surface area contributed by atoms with Crippen LogP contribution < -0.4 is 0 Å². The number of hydrogen-bond donors (Lipinski definition) is 0. The molecule has 0 unspecified atom stereocenters. The molecule has 0 radical (unpaired) electrons. The number of allylic oxidation sites excluding steroid dienone is 6. The Labute approximate surface area is 180 Å². The summed E-state index contributed by atoms with van der Waals surface area (Å²) >= 11 is 0. The Hall–Kier alpha value is -1.06. The molecule has 0 aromatic carbocycles. The van der Waals surface area contributed by atoms with Gasteiger partial charge in [-0.3, -0.25) is 0 Å². The van der Waals surface area contributed by atoms with E-state index in [1.807, 2.05) is 0 Å². The van der Waals surface area contributed by atoms with Crippen molar-refractivity contribution in [1.29, 1.82) is 0 Å². The topological polar surface area (TPSA) is 0 Å². The van der Waals surface area contributed by atoms with E-state index in [2.05, 4.69) is 13.8 Å². The van der Waals surface area contributed by atoms with Crippen LogP contribution >= 0.6 is 0 Å². The zero-order chi connectivity index (χ0) is 22.0. The van der Waals surface area contributed by atoms with E-state index in [4.69, 9.17) is 0 Å². The summed E-state index contributed by atoms with van der Waals surface area (Å²) in [6, 6.07) is 0. The number of halogens is 4. The Bertz CT molecular complexity index is 571. The third-order valence-corrected chi connectivity index (χ3v) is 6.57. The molecule has 0 saturated carbocycles. The lowest BCUT2D eigenvalue weighted by Gasteiger charge is -2.40. The van der Waals surface area contributed by atoms with E-state index in [0.29, 0.717) is 24.0 Å². The minimum absolute atomic E-state index is 0.0737. The Balaban J connectivity index is 1.93. The summed E-state index contributed by atoms with van der Waals surface area (Å²) in [6.07, 6.45) is 17.4. The van der Waals surface area contributed by atoms with Gasteiger partial charge in [0.15, 0.2) is 0 Å². The summed E-state index contributed by atoms with van der Waals surface area (Å²) in [5, 5.41) is 0. The van der Waals surface area contributed by atoms with Gasteiger partial charge in [0.05, 0.1) is 0 Å². The Morgan fingerprint density at radius 2 is 0.800 bits per heavy atom. The van der Waals surface area contributed by atoms with Crippen molar-refractivity contribution in [3.8, 4) is 0 Å². The highest BCUT2D eigenvalue weighted by Crippen LogP contribution is 2.56. The average Bonchev–Trinajstić information content (AvgIpc) is 2.68. The molecule has 172 valence electrons. The second kappa shape index (κ2) is 12.1. The van der Waals surface area contributed by atoms with Gasteiger partial charge in [-0.2, -0.15) is 17.6 Å². The molecule has 30 heavy (non-hydrogen) atoms. The largest absolute Gasteiger partial charge is 0.336 e. The van der Waals surface area contributed by atoms with Crippen molar-refractivity contribution in [2.75, 3.05) is 0 Å². The van der Waals surface area contributed by atoms with Crippen LogP contribution in [0.1, 0.15) is 117 Å². The fraction of sp³-hybridized carbons (Fsp3) is 0.769. The Kier molecular flexibility index (Phi) is 10.2. The van der Waals surface area contributed by atoms with E-state index in [0.717, 1.165) is 51.4 Å². The quantitative estimate of drug-likeness (QED) is 0.169. The Morgan fingerprint density at radius 3 is 1.10 bits per heavy atom. The number of alkyl halides is 4. The zero-order valence-electron chi connectivity index (χ0n) is 19.0. The SMILES string of the molecule is CCCCCCCCCC1=C2C=CC2=C(CCCCCCCCC)C(F)(F)C1(F)F. The van der Waals surface area contributed by atoms with Gasteiger partial charge < -0.3 is 0 Å². The first-order chi connectivity index (χ1) is 14.4. The fourth-order valence-corrected chi connectivity index (χ4v) is 4.59. The van der Waals surface area contributed by atoms with E-state index in [1.165, 1.54) is 25.7 Å². The maximum absolute atomic E-state index is 14.9. The molecule has 0 spiro atoms. The molecule has 0 saturated heterocycles. The summed E-state index contributed by atoms with van der Waals surface area (Å²) in [7, 11) is 0. The van der Waals surface area contributed by atoms with Gasteiger partial charge in [0.1, 0.15) is 0 Å². The molecule has 0 heterocycles. The van der Waals surface area contributed by atoms with E-state index >= 15 is 0 Å². The predicted octanol–water partition coefficient (Wildman–Crippen LogP) is 9.71. The van der Waals surface area contributed by atoms with Crippen molar-refractivity contribution >= 4 is 0 Å². The standard InChI is InChI=1S/C26H40F4/c1-3-5-7-9-11-13-15-17-23-21-19-20-22(21)24(26(29,30)25(23,27)28)18-16-14-12-10-8-6-4-2/h19-20H,3-18H2,1-2H3. The third-order valence-electron chi connectivity index (χ3n) is 6.57. The van der Waals surface area contributed by atoms with Crippen LogP contribution in [-0.4, -0.2) is 11.8 Å². The maximum Gasteiger partial charge on any atom is 0.336 e. The van der Waals surface area contributed by atoms with Crippen molar-refractivity contribution < 1.29 is 17.6 Å². The first kappa shape index (κ1) is 25.2. The molecule has 0 nitrogen and oxygen atoms in total. The molecule has 0 aliphatic heterocycles. The van der Waals surface area contributed by atoms with Gasteiger partial charge in [-0.05, 0) is 36.8 Å². The summed E-state index contributed by atoms with van der Waals surface area (Å²) in [5.41, 5.74) is 0.133. The maximum atomic E-state index is 14.9. The van der Waals surface area contributed by atoms with E-state index in [9.17, 15) is 17.6 Å². The summed E-state index contributed by atoms with van der Waals surface area (Å²) in [6.45, 7) is 4.30. The monoisotopic (exact) mass is 428 g/mol. The van der Waals surface area contributed by atoms with Crippen molar-refractivity contribution in [2.24, 2.45) is 0 Å². The van der Waals surface area contributed by atoms with Crippen molar-refractivity contribution in [1.82, 2.24) is 0 Å². The average molecular weight is 429 g/mol. The summed E-state index contributed by atoms with van der Waals surface area (Å²) < 4.78 is 59.5. The molecular formula is C26H40F4. The molecule has 0 N–H and O–H groups in total. The second-order valence-corrected chi connectivity index (χ2v) is 9.01. The first-order valence-corrected chi connectivity index (χ1v) is 12.3. The zero-order valence-corrected chi connectivity index (χ0v) is 19.0. The fourth-order valence-electron chi connectivity index (χ4n) is 4.59. The van der Waals surface area contributed by atoms with E-state index in [-0.39, 0.29) is 24.0 Å². The van der Waals surface area contributed by atoms with Crippen LogP contribution in [0.5, 0.6) is 0 Å². The lowest BCUT2D eigenvalue weighted by molar-refractivity contribution is -0.167. The molecule has 4 heteroatoms. The van der Waals surface area contributed by atoms with Gasteiger partial charge in [-0.25, -0.2) is 0 Å². The molecule has 2 aliphatic carbocycles. The van der Waals surface area contributed by atoms with Gasteiger partial charge in [-0.1, -0.05) is 103 Å². The summed E-state index contributed by atoms with van der Waals surface area (Å²) in [4.78, 5) is 0. The minimum Gasteiger partial charge on any atom is -0.194 e. The first-order valence-electron chi connectivity index (χ1n) is 12.3. The molecule has 0 aromatic heterocycles. The van der Waals surface area contributed by atoms with Crippen LogP contribution in [-0.2, 0) is 0 Å². The highest BCUT2D eigenvalue weighted by Gasteiger charge is 2.64. The van der Waals surface area contributed by atoms with E-state index in [1.54, 1.807) is 12.2 Å². The van der Waals surface area contributed by atoms with E-state index < -0.39 is 11.8 Å². The van der Waals surface area contributed by atoms with Crippen LogP contribution in [0, 0.1) is 0 Å². The van der Waals surface area contributed by atoms with Crippen molar-refractivity contribution in [3.05, 3.63) is 34.4 Å². The lowest BCUT2D eigenvalue weighted by Crippen LogP contribution is -2.48. The van der Waals surface area contributed by atoms with Gasteiger partial charge in [-0.15, -0.1) is 0 Å². The molecule has 0 bridgehead atoms. The second-order valence-electron chi connectivity index (χ2n) is 9.01.